The zero-order valence-corrected chi connectivity index (χ0v) is 22.7. The number of hydrogen-bond donors (Lipinski definition) is 0. The van der Waals surface area contributed by atoms with Gasteiger partial charge in [0.05, 0.1) is 12.1 Å². The summed E-state index contributed by atoms with van der Waals surface area (Å²) < 4.78 is 15.5. The van der Waals surface area contributed by atoms with Crippen molar-refractivity contribution in [2.75, 3.05) is 13.6 Å². The number of benzene rings is 3. The average molecular weight is 507 g/mol. The molecule has 2 aliphatic heterocycles. The highest BCUT2D eigenvalue weighted by Crippen LogP contribution is 2.48. The Balaban J connectivity index is 1.37. The number of aromatic nitrogens is 1. The van der Waals surface area contributed by atoms with Crippen LogP contribution in [0.3, 0.4) is 0 Å². The Bertz CT molecular complexity index is 1460. The van der Waals surface area contributed by atoms with E-state index in [1.54, 1.807) is 0 Å². The minimum absolute atomic E-state index is 0.0684. The summed E-state index contributed by atoms with van der Waals surface area (Å²) in [7, 11) is 2.28. The molecule has 1 aliphatic carbocycles. The molecule has 4 heteroatoms. The van der Waals surface area contributed by atoms with Crippen molar-refractivity contribution in [3.63, 3.8) is 0 Å². The monoisotopic (exact) mass is 506 g/mol. The Labute approximate surface area is 226 Å². The van der Waals surface area contributed by atoms with Crippen LogP contribution in [0.2, 0.25) is 0 Å². The minimum atomic E-state index is 0.0684. The quantitative estimate of drug-likeness (QED) is 0.241. The standard InChI is InChI=1S/C34H38N2O2/c1-23-10-8-16-32-33(23)34(28-14-6-7-15-31(28)38-32)36-22-24(20-25-11-9-19-35(25)2)29-21-27(17-18-30(29)36)37-26-12-4-3-5-13-26/h6-8,10,14-18,21-22,25-26,34H,3-5,9,11-13,19-20H2,1-2H3/t25-,34+/m0/s1. The Kier molecular flexibility index (Phi) is 6.16. The first kappa shape index (κ1) is 23.8. The lowest BCUT2D eigenvalue weighted by molar-refractivity contribution is 0.155. The highest BCUT2D eigenvalue weighted by molar-refractivity contribution is 5.86. The summed E-state index contributed by atoms with van der Waals surface area (Å²) >= 11 is 0. The molecule has 3 aromatic carbocycles. The predicted molar refractivity (Wildman–Crippen MR) is 154 cm³/mol. The fraction of sp³-hybridized carbons (Fsp3) is 0.412. The zero-order chi connectivity index (χ0) is 25.6. The summed E-state index contributed by atoms with van der Waals surface area (Å²) in [4.78, 5) is 2.54. The lowest BCUT2D eigenvalue weighted by Gasteiger charge is -2.31. The lowest BCUT2D eigenvalue weighted by atomic mass is 9.91. The third-order valence-electron chi connectivity index (χ3n) is 9.14. The summed E-state index contributed by atoms with van der Waals surface area (Å²) in [5.74, 6) is 2.93. The molecule has 196 valence electrons. The predicted octanol–water partition coefficient (Wildman–Crippen LogP) is 8.04. The number of aryl methyl sites for hydroxylation is 1. The molecule has 2 atom stereocenters. The molecule has 0 N–H and O–H groups in total. The van der Waals surface area contributed by atoms with Crippen molar-refractivity contribution in [1.82, 2.24) is 9.47 Å². The molecule has 3 heterocycles. The van der Waals surface area contributed by atoms with E-state index in [1.165, 1.54) is 84.6 Å². The van der Waals surface area contributed by atoms with Gasteiger partial charge in [-0.05, 0) is 107 Å². The number of para-hydroxylation sites is 1. The van der Waals surface area contributed by atoms with E-state index in [2.05, 4.69) is 90.3 Å². The summed E-state index contributed by atoms with van der Waals surface area (Å²) in [6, 6.07) is 22.4. The van der Waals surface area contributed by atoms with Crippen LogP contribution in [0, 0.1) is 6.92 Å². The fourth-order valence-electron chi connectivity index (χ4n) is 7.08. The van der Waals surface area contributed by atoms with Crippen LogP contribution in [0.5, 0.6) is 17.2 Å². The Morgan fingerprint density at radius 1 is 0.895 bits per heavy atom. The highest BCUT2D eigenvalue weighted by Gasteiger charge is 2.32. The zero-order valence-electron chi connectivity index (χ0n) is 22.7. The molecular weight excluding hydrogens is 468 g/mol. The molecule has 1 aromatic heterocycles. The van der Waals surface area contributed by atoms with Gasteiger partial charge in [-0.1, -0.05) is 36.8 Å². The number of likely N-dealkylation sites (N-methyl/N-ethyl adjacent to an activating group) is 1. The third-order valence-corrected chi connectivity index (χ3v) is 9.14. The van der Waals surface area contributed by atoms with Crippen molar-refractivity contribution < 1.29 is 9.47 Å². The van der Waals surface area contributed by atoms with E-state index in [9.17, 15) is 0 Å². The molecular formula is C34H38N2O2. The van der Waals surface area contributed by atoms with Crippen molar-refractivity contribution in [2.24, 2.45) is 0 Å². The molecule has 1 saturated carbocycles. The van der Waals surface area contributed by atoms with Gasteiger partial charge >= 0.3 is 0 Å². The molecule has 2 fully saturated rings. The maximum absolute atomic E-state index is 6.56. The smallest absolute Gasteiger partial charge is 0.133 e. The van der Waals surface area contributed by atoms with Gasteiger partial charge in [0.25, 0.3) is 0 Å². The van der Waals surface area contributed by atoms with E-state index in [-0.39, 0.29) is 6.04 Å². The maximum Gasteiger partial charge on any atom is 0.133 e. The Hall–Kier alpha value is -3.24. The Morgan fingerprint density at radius 3 is 2.58 bits per heavy atom. The maximum atomic E-state index is 6.56. The molecule has 0 amide bonds. The van der Waals surface area contributed by atoms with Crippen molar-refractivity contribution in [1.29, 1.82) is 0 Å². The van der Waals surface area contributed by atoms with Crippen LogP contribution in [-0.2, 0) is 6.42 Å². The summed E-state index contributed by atoms with van der Waals surface area (Å²) in [5, 5.41) is 1.33. The number of rotatable bonds is 5. The van der Waals surface area contributed by atoms with E-state index in [1.807, 2.05) is 0 Å². The molecule has 38 heavy (non-hydrogen) atoms. The normalized spacial score (nSPS) is 21.7. The van der Waals surface area contributed by atoms with Gasteiger partial charge in [0, 0.05) is 34.3 Å². The summed E-state index contributed by atoms with van der Waals surface area (Å²) in [6.07, 6.45) is 12.7. The first-order chi connectivity index (χ1) is 18.7. The molecule has 0 spiro atoms. The number of hydrogen-bond acceptors (Lipinski definition) is 3. The number of fused-ring (bicyclic) bond motifs is 3. The molecule has 0 radical (unpaired) electrons. The van der Waals surface area contributed by atoms with Crippen LogP contribution in [0.4, 0.5) is 0 Å². The molecule has 0 bridgehead atoms. The van der Waals surface area contributed by atoms with Crippen LogP contribution in [-0.4, -0.2) is 35.2 Å². The van der Waals surface area contributed by atoms with Crippen molar-refractivity contribution >= 4 is 10.9 Å². The number of ether oxygens (including phenoxy) is 2. The van der Waals surface area contributed by atoms with Crippen LogP contribution in [0.25, 0.3) is 10.9 Å². The SMILES string of the molecule is Cc1cccc2c1[C@H](n1cc(C[C@@H]3CCCN3C)c3cc(OC4CCCCC4)ccc31)c1ccccc1O2. The molecule has 4 nitrogen and oxygen atoms in total. The van der Waals surface area contributed by atoms with Gasteiger partial charge in [-0.15, -0.1) is 0 Å². The fourth-order valence-corrected chi connectivity index (χ4v) is 7.08. The Morgan fingerprint density at radius 2 is 1.74 bits per heavy atom. The van der Waals surface area contributed by atoms with Gasteiger partial charge < -0.3 is 18.9 Å². The molecule has 3 aliphatic rings. The van der Waals surface area contributed by atoms with E-state index in [0.717, 1.165) is 23.7 Å². The average Bonchev–Trinajstić information content (AvgIpc) is 3.51. The molecule has 0 unspecified atom stereocenters. The van der Waals surface area contributed by atoms with Crippen LogP contribution in [0.1, 0.15) is 73.2 Å². The number of likely N-dealkylation sites (tertiary alicyclic amines) is 1. The van der Waals surface area contributed by atoms with Gasteiger partial charge in [0.1, 0.15) is 17.2 Å². The van der Waals surface area contributed by atoms with E-state index in [0.29, 0.717) is 12.1 Å². The topological polar surface area (TPSA) is 26.6 Å². The van der Waals surface area contributed by atoms with Gasteiger partial charge in [-0.25, -0.2) is 0 Å². The van der Waals surface area contributed by atoms with Crippen LogP contribution in [0.15, 0.2) is 66.9 Å². The second kappa shape index (κ2) is 9.81. The highest BCUT2D eigenvalue weighted by atomic mass is 16.5. The first-order valence-corrected chi connectivity index (χ1v) is 14.5. The van der Waals surface area contributed by atoms with Crippen molar-refractivity contribution in [3.8, 4) is 17.2 Å². The van der Waals surface area contributed by atoms with Gasteiger partial charge in [0.15, 0.2) is 0 Å². The number of nitrogens with zero attached hydrogens (tertiary/aromatic N) is 2. The van der Waals surface area contributed by atoms with Gasteiger partial charge in [0.2, 0.25) is 0 Å². The third kappa shape index (κ3) is 4.19. The molecule has 1 saturated heterocycles. The van der Waals surface area contributed by atoms with E-state index >= 15 is 0 Å². The van der Waals surface area contributed by atoms with E-state index in [4.69, 9.17) is 9.47 Å². The lowest BCUT2D eigenvalue weighted by Crippen LogP contribution is -2.26. The van der Waals surface area contributed by atoms with Crippen LogP contribution >= 0.6 is 0 Å². The van der Waals surface area contributed by atoms with Crippen LogP contribution < -0.4 is 9.47 Å². The van der Waals surface area contributed by atoms with E-state index < -0.39 is 0 Å². The first-order valence-electron chi connectivity index (χ1n) is 14.5. The second-order valence-corrected chi connectivity index (χ2v) is 11.6. The largest absolute Gasteiger partial charge is 0.490 e. The van der Waals surface area contributed by atoms with Gasteiger partial charge in [-0.3, -0.25) is 0 Å². The molecule has 4 aromatic rings. The van der Waals surface area contributed by atoms with Crippen molar-refractivity contribution in [3.05, 3.63) is 89.1 Å². The molecule has 7 rings (SSSR count). The van der Waals surface area contributed by atoms with Gasteiger partial charge in [-0.2, -0.15) is 0 Å². The van der Waals surface area contributed by atoms with Crippen molar-refractivity contribution in [2.45, 2.75) is 76.5 Å². The second-order valence-electron chi connectivity index (χ2n) is 11.6. The summed E-state index contributed by atoms with van der Waals surface area (Å²) in [5.41, 5.74) is 6.44. The minimum Gasteiger partial charge on any atom is -0.490 e. The summed E-state index contributed by atoms with van der Waals surface area (Å²) in [6.45, 7) is 3.40.